The Labute approximate surface area is 74.2 Å². The fraction of sp³-hybridized carbons (Fsp3) is 1.00. The first-order valence-corrected chi connectivity index (χ1v) is 4.84. The van der Waals surface area contributed by atoms with Crippen LogP contribution < -0.4 is 0 Å². The average molecular weight is 170 g/mol. The molecule has 1 saturated heterocycles. The maximum absolute atomic E-state index is 5.73. The van der Waals surface area contributed by atoms with Crippen LogP contribution in [0.3, 0.4) is 0 Å². The summed E-state index contributed by atoms with van der Waals surface area (Å²) >= 11 is 0. The molecule has 1 unspecified atom stereocenters. The van der Waals surface area contributed by atoms with Crippen molar-refractivity contribution in [3.63, 3.8) is 0 Å². The van der Waals surface area contributed by atoms with Gasteiger partial charge in [0.2, 0.25) is 0 Å². The Hall–Kier alpha value is -0.0800. The number of ether oxygens (including phenoxy) is 2. The molecule has 2 heteroatoms. The highest BCUT2D eigenvalue weighted by molar-refractivity contribution is 4.95. The molecule has 70 valence electrons. The normalized spacial score (nSPS) is 39.8. The largest absolute Gasteiger partial charge is 0.376 e. The predicted octanol–water partition coefficient (Wildman–Crippen LogP) is 1.98. The van der Waals surface area contributed by atoms with E-state index in [1.165, 1.54) is 12.8 Å². The van der Waals surface area contributed by atoms with E-state index in [0.717, 1.165) is 12.5 Å². The summed E-state index contributed by atoms with van der Waals surface area (Å²) in [4.78, 5) is 0. The van der Waals surface area contributed by atoms with Gasteiger partial charge >= 0.3 is 0 Å². The summed E-state index contributed by atoms with van der Waals surface area (Å²) in [5, 5.41) is 0. The molecule has 0 bridgehead atoms. The molecule has 2 nitrogen and oxygen atoms in total. The van der Waals surface area contributed by atoms with Crippen molar-refractivity contribution in [1.82, 2.24) is 0 Å². The zero-order valence-corrected chi connectivity index (χ0v) is 8.17. The Kier molecular flexibility index (Phi) is 1.92. The first kappa shape index (κ1) is 8.52. The van der Waals surface area contributed by atoms with E-state index in [9.17, 15) is 0 Å². The monoisotopic (exact) mass is 170 g/mol. The predicted molar refractivity (Wildman–Crippen MR) is 47.1 cm³/mol. The molecule has 1 saturated carbocycles. The molecule has 0 amide bonds. The zero-order chi connectivity index (χ0) is 8.77. The summed E-state index contributed by atoms with van der Waals surface area (Å²) in [6.07, 6.45) is 3.64. The third-order valence-electron chi connectivity index (χ3n) is 2.57. The third-order valence-corrected chi connectivity index (χ3v) is 2.57. The van der Waals surface area contributed by atoms with Gasteiger partial charge in [-0.3, -0.25) is 0 Å². The van der Waals surface area contributed by atoms with Crippen molar-refractivity contribution in [2.24, 2.45) is 5.92 Å². The van der Waals surface area contributed by atoms with E-state index in [2.05, 4.69) is 20.8 Å². The Morgan fingerprint density at radius 2 is 1.83 bits per heavy atom. The maximum Gasteiger partial charge on any atom is 0.0845 e. The highest BCUT2D eigenvalue weighted by atomic mass is 16.6. The van der Waals surface area contributed by atoms with Crippen molar-refractivity contribution in [3.05, 3.63) is 0 Å². The van der Waals surface area contributed by atoms with Crippen molar-refractivity contribution in [2.75, 3.05) is 6.61 Å². The smallest absolute Gasteiger partial charge is 0.0845 e. The van der Waals surface area contributed by atoms with Crippen LogP contribution in [0.2, 0.25) is 0 Å². The second kappa shape index (κ2) is 2.71. The second-order valence-electron chi connectivity index (χ2n) is 4.97. The van der Waals surface area contributed by atoms with Gasteiger partial charge in [0.1, 0.15) is 0 Å². The average Bonchev–Trinajstić information content (AvgIpc) is 2.54. The molecule has 1 aliphatic heterocycles. The van der Waals surface area contributed by atoms with Gasteiger partial charge in [-0.05, 0) is 39.5 Å². The summed E-state index contributed by atoms with van der Waals surface area (Å²) in [7, 11) is 0. The lowest BCUT2D eigenvalue weighted by molar-refractivity contribution is -0.0261. The minimum absolute atomic E-state index is 0.0215. The van der Waals surface area contributed by atoms with Crippen LogP contribution in [0.15, 0.2) is 0 Å². The topological polar surface area (TPSA) is 21.8 Å². The minimum Gasteiger partial charge on any atom is -0.376 e. The summed E-state index contributed by atoms with van der Waals surface area (Å²) in [5.74, 6) is 0.757. The van der Waals surface area contributed by atoms with Crippen molar-refractivity contribution >= 4 is 0 Å². The number of hydrogen-bond acceptors (Lipinski definition) is 2. The molecule has 0 radical (unpaired) electrons. The molecule has 2 rings (SSSR count). The molecule has 2 aliphatic rings. The van der Waals surface area contributed by atoms with Crippen molar-refractivity contribution in [1.29, 1.82) is 0 Å². The summed E-state index contributed by atoms with van der Waals surface area (Å²) in [6.45, 7) is 7.25. The summed E-state index contributed by atoms with van der Waals surface area (Å²) in [5.41, 5.74) is 0.0215. The Bertz CT molecular complexity index is 161. The van der Waals surface area contributed by atoms with Crippen molar-refractivity contribution in [2.45, 2.75) is 51.4 Å². The molecule has 1 heterocycles. The standard InChI is InChI=1S/C10H18O2/c1-10(2,3)11-6-7-4-8-9(5-7)12-8/h7-9H,4-6H2,1-3H3/t7?,8-,9+. The molecule has 0 spiro atoms. The van der Waals surface area contributed by atoms with E-state index < -0.39 is 0 Å². The van der Waals surface area contributed by atoms with Gasteiger partial charge in [-0.1, -0.05) is 0 Å². The molecule has 0 aromatic carbocycles. The van der Waals surface area contributed by atoms with Crippen LogP contribution in [-0.4, -0.2) is 24.4 Å². The number of hydrogen-bond donors (Lipinski definition) is 0. The lowest BCUT2D eigenvalue weighted by atomic mass is 10.1. The first-order valence-electron chi connectivity index (χ1n) is 4.84. The Balaban J connectivity index is 1.68. The second-order valence-corrected chi connectivity index (χ2v) is 4.97. The first-order chi connectivity index (χ1) is 5.54. The van der Waals surface area contributed by atoms with E-state index in [-0.39, 0.29) is 5.60 Å². The van der Waals surface area contributed by atoms with Gasteiger partial charge < -0.3 is 9.47 Å². The molecule has 2 fully saturated rings. The number of epoxide rings is 1. The summed E-state index contributed by atoms with van der Waals surface area (Å²) < 4.78 is 11.1. The lowest BCUT2D eigenvalue weighted by Crippen LogP contribution is -2.23. The fourth-order valence-electron chi connectivity index (χ4n) is 1.85. The van der Waals surface area contributed by atoms with Crippen LogP contribution in [0.25, 0.3) is 0 Å². The van der Waals surface area contributed by atoms with E-state index >= 15 is 0 Å². The van der Waals surface area contributed by atoms with Crippen LogP contribution in [0.1, 0.15) is 33.6 Å². The molecule has 0 aromatic heterocycles. The molecule has 12 heavy (non-hydrogen) atoms. The molecular formula is C10H18O2. The van der Waals surface area contributed by atoms with Gasteiger partial charge in [0.15, 0.2) is 0 Å². The van der Waals surface area contributed by atoms with E-state index in [1.807, 2.05) is 0 Å². The van der Waals surface area contributed by atoms with Crippen molar-refractivity contribution < 1.29 is 9.47 Å². The lowest BCUT2D eigenvalue weighted by Gasteiger charge is -2.22. The van der Waals surface area contributed by atoms with Crippen LogP contribution in [0.5, 0.6) is 0 Å². The highest BCUT2D eigenvalue weighted by Gasteiger charge is 2.47. The van der Waals surface area contributed by atoms with Crippen LogP contribution in [0, 0.1) is 5.92 Å². The molecule has 0 N–H and O–H groups in total. The van der Waals surface area contributed by atoms with Gasteiger partial charge in [-0.2, -0.15) is 0 Å². The quantitative estimate of drug-likeness (QED) is 0.591. The summed E-state index contributed by atoms with van der Waals surface area (Å²) in [6, 6.07) is 0. The van der Waals surface area contributed by atoms with E-state index in [1.54, 1.807) is 0 Å². The van der Waals surface area contributed by atoms with Gasteiger partial charge in [0, 0.05) is 0 Å². The van der Waals surface area contributed by atoms with Crippen LogP contribution in [0.4, 0.5) is 0 Å². The minimum atomic E-state index is 0.0215. The van der Waals surface area contributed by atoms with Crippen LogP contribution >= 0.6 is 0 Å². The van der Waals surface area contributed by atoms with E-state index in [4.69, 9.17) is 9.47 Å². The Morgan fingerprint density at radius 3 is 2.33 bits per heavy atom. The molecule has 1 aliphatic carbocycles. The van der Waals surface area contributed by atoms with Gasteiger partial charge in [-0.15, -0.1) is 0 Å². The van der Waals surface area contributed by atoms with Gasteiger partial charge in [0.25, 0.3) is 0 Å². The zero-order valence-electron chi connectivity index (χ0n) is 8.17. The van der Waals surface area contributed by atoms with Gasteiger partial charge in [0.05, 0.1) is 24.4 Å². The highest BCUT2D eigenvalue weighted by Crippen LogP contribution is 2.42. The maximum atomic E-state index is 5.73. The van der Waals surface area contributed by atoms with Crippen LogP contribution in [-0.2, 0) is 9.47 Å². The van der Waals surface area contributed by atoms with Crippen molar-refractivity contribution in [3.8, 4) is 0 Å². The molecule has 3 atom stereocenters. The SMILES string of the molecule is CC(C)(C)OCC1C[C@@H]2O[C@@H]2C1. The fourth-order valence-corrected chi connectivity index (χ4v) is 1.85. The Morgan fingerprint density at radius 1 is 1.25 bits per heavy atom. The molecular weight excluding hydrogens is 152 g/mol. The molecule has 0 aromatic rings. The van der Waals surface area contributed by atoms with E-state index in [0.29, 0.717) is 12.2 Å². The number of rotatable bonds is 2. The van der Waals surface area contributed by atoms with Gasteiger partial charge in [-0.25, -0.2) is 0 Å². The third kappa shape index (κ3) is 1.99. The number of fused-ring (bicyclic) bond motifs is 1.